The first-order valence-corrected chi connectivity index (χ1v) is 10.9. The summed E-state index contributed by atoms with van der Waals surface area (Å²) < 4.78 is 1.28. The van der Waals surface area contributed by atoms with E-state index in [2.05, 4.69) is 41.9 Å². The Labute approximate surface area is 161 Å². The summed E-state index contributed by atoms with van der Waals surface area (Å²) in [6, 6.07) is 12.6. The molecule has 4 rings (SSSR count). The number of quaternary nitrogens is 1. The van der Waals surface area contributed by atoms with Crippen molar-refractivity contribution in [3.8, 4) is 0 Å². The predicted molar refractivity (Wildman–Crippen MR) is 108 cm³/mol. The summed E-state index contributed by atoms with van der Waals surface area (Å²) >= 11 is 3.52. The van der Waals surface area contributed by atoms with Crippen LogP contribution in [0.15, 0.2) is 41.8 Å². The maximum absolute atomic E-state index is 12.3. The summed E-state index contributed by atoms with van der Waals surface area (Å²) in [7, 11) is 0. The van der Waals surface area contributed by atoms with E-state index in [0.29, 0.717) is 12.5 Å². The molecule has 1 atom stereocenters. The van der Waals surface area contributed by atoms with Crippen LogP contribution in [0, 0.1) is 0 Å². The number of thiazole rings is 1. The molecule has 6 heteroatoms. The van der Waals surface area contributed by atoms with Crippen molar-refractivity contribution >= 4 is 38.8 Å². The van der Waals surface area contributed by atoms with Crippen molar-refractivity contribution in [2.24, 2.45) is 0 Å². The average Bonchev–Trinajstić information content (AvgIpc) is 3.32. The van der Waals surface area contributed by atoms with Gasteiger partial charge in [-0.1, -0.05) is 18.2 Å². The molecule has 0 bridgehead atoms. The highest BCUT2D eigenvalue weighted by molar-refractivity contribution is 7.18. The molecule has 1 aromatic carbocycles. The number of fused-ring (bicyclic) bond motifs is 1. The van der Waals surface area contributed by atoms with Gasteiger partial charge in [0, 0.05) is 23.6 Å². The van der Waals surface area contributed by atoms with Gasteiger partial charge in [0.1, 0.15) is 0 Å². The quantitative estimate of drug-likeness (QED) is 0.708. The first kappa shape index (κ1) is 17.6. The highest BCUT2D eigenvalue weighted by atomic mass is 32.1. The van der Waals surface area contributed by atoms with Gasteiger partial charge in [0.15, 0.2) is 6.54 Å². The molecule has 0 aliphatic carbocycles. The molecular formula is C20H24N3OS2+. The third-order valence-electron chi connectivity index (χ3n) is 5.11. The van der Waals surface area contributed by atoms with E-state index in [0.717, 1.165) is 31.4 Å². The molecule has 1 saturated heterocycles. The maximum atomic E-state index is 12.3. The van der Waals surface area contributed by atoms with Gasteiger partial charge in [-0.2, -0.15) is 0 Å². The van der Waals surface area contributed by atoms with E-state index < -0.39 is 0 Å². The van der Waals surface area contributed by atoms with E-state index in [1.165, 1.54) is 19.5 Å². The molecule has 3 heterocycles. The molecule has 2 N–H and O–H groups in total. The normalized spacial score (nSPS) is 21.6. The van der Waals surface area contributed by atoms with Crippen LogP contribution in [-0.2, 0) is 4.79 Å². The smallest absolute Gasteiger partial charge is 0.275 e. The van der Waals surface area contributed by atoms with E-state index in [9.17, 15) is 4.79 Å². The van der Waals surface area contributed by atoms with E-state index in [1.807, 2.05) is 23.5 Å². The predicted octanol–water partition coefficient (Wildman–Crippen LogP) is 3.00. The zero-order valence-corrected chi connectivity index (χ0v) is 16.5. The lowest BCUT2D eigenvalue weighted by Crippen LogP contribution is -3.14. The van der Waals surface area contributed by atoms with Gasteiger partial charge in [0.2, 0.25) is 0 Å². The van der Waals surface area contributed by atoms with Gasteiger partial charge in [-0.15, -0.1) is 22.7 Å². The van der Waals surface area contributed by atoms with Crippen LogP contribution in [0.5, 0.6) is 0 Å². The van der Waals surface area contributed by atoms with Crippen molar-refractivity contribution in [3.63, 3.8) is 0 Å². The Kier molecular flexibility index (Phi) is 5.33. The first-order valence-electron chi connectivity index (χ1n) is 9.21. The number of thiophene rings is 1. The number of para-hydroxylation sites is 1. The number of hydrogen-bond acceptors (Lipinski definition) is 4. The molecule has 1 amide bonds. The number of carbonyl (C=O) groups excluding carboxylic acids is 1. The van der Waals surface area contributed by atoms with E-state index >= 15 is 0 Å². The van der Waals surface area contributed by atoms with Crippen molar-refractivity contribution in [2.45, 2.75) is 31.7 Å². The number of piperidine rings is 1. The van der Waals surface area contributed by atoms with Gasteiger partial charge >= 0.3 is 0 Å². The van der Waals surface area contributed by atoms with E-state index in [1.54, 1.807) is 11.3 Å². The van der Waals surface area contributed by atoms with Crippen LogP contribution in [0.2, 0.25) is 0 Å². The summed E-state index contributed by atoms with van der Waals surface area (Å²) in [6.45, 7) is 4.71. The van der Waals surface area contributed by atoms with Gasteiger partial charge in [-0.05, 0) is 30.5 Å². The number of hydrogen-bond donors (Lipinski definition) is 2. The molecule has 1 aliphatic rings. The van der Waals surface area contributed by atoms with E-state index in [4.69, 9.17) is 4.98 Å². The third-order valence-corrected chi connectivity index (χ3v) is 7.36. The second-order valence-electron chi connectivity index (χ2n) is 7.03. The SMILES string of the molecule is C[C@H](NC(=O)C[NH+]1CCC(c2nc3ccccc3s2)CC1)c1cccs1. The molecule has 26 heavy (non-hydrogen) atoms. The molecular weight excluding hydrogens is 362 g/mol. The molecule has 2 aromatic heterocycles. The molecule has 0 spiro atoms. The molecule has 0 unspecified atom stereocenters. The number of nitrogens with zero attached hydrogens (tertiary/aromatic N) is 1. The summed E-state index contributed by atoms with van der Waals surface area (Å²) in [5, 5.41) is 6.45. The van der Waals surface area contributed by atoms with Gasteiger partial charge in [0.25, 0.3) is 5.91 Å². The Balaban J connectivity index is 1.28. The minimum absolute atomic E-state index is 0.0992. The Morgan fingerprint density at radius 3 is 2.81 bits per heavy atom. The van der Waals surface area contributed by atoms with Crippen molar-refractivity contribution in [1.82, 2.24) is 10.3 Å². The summed E-state index contributed by atoms with van der Waals surface area (Å²) in [5.41, 5.74) is 1.12. The number of likely N-dealkylation sites (tertiary alicyclic amines) is 1. The zero-order valence-electron chi connectivity index (χ0n) is 14.9. The lowest BCUT2D eigenvalue weighted by Gasteiger charge is -2.28. The Morgan fingerprint density at radius 2 is 2.08 bits per heavy atom. The molecule has 4 nitrogen and oxygen atoms in total. The minimum atomic E-state index is 0.0992. The highest BCUT2D eigenvalue weighted by Gasteiger charge is 2.27. The fraction of sp³-hybridized carbons (Fsp3) is 0.400. The lowest BCUT2D eigenvalue weighted by molar-refractivity contribution is -0.897. The number of benzene rings is 1. The topological polar surface area (TPSA) is 46.4 Å². The fourth-order valence-electron chi connectivity index (χ4n) is 3.64. The van der Waals surface area contributed by atoms with Crippen LogP contribution in [0.1, 0.15) is 41.6 Å². The molecule has 136 valence electrons. The van der Waals surface area contributed by atoms with Crippen molar-refractivity contribution < 1.29 is 9.69 Å². The monoisotopic (exact) mass is 386 g/mol. The Morgan fingerprint density at radius 1 is 1.27 bits per heavy atom. The van der Waals surface area contributed by atoms with Gasteiger partial charge < -0.3 is 10.2 Å². The fourth-order valence-corrected chi connectivity index (χ4v) is 5.51. The average molecular weight is 387 g/mol. The van der Waals surface area contributed by atoms with Crippen LogP contribution < -0.4 is 10.2 Å². The lowest BCUT2D eigenvalue weighted by atomic mass is 9.97. The minimum Gasteiger partial charge on any atom is -0.344 e. The van der Waals surface area contributed by atoms with Crippen molar-refractivity contribution in [3.05, 3.63) is 51.7 Å². The molecule has 0 radical (unpaired) electrons. The summed E-state index contributed by atoms with van der Waals surface area (Å²) in [5.74, 6) is 0.698. The van der Waals surface area contributed by atoms with Crippen molar-refractivity contribution in [1.29, 1.82) is 0 Å². The van der Waals surface area contributed by atoms with Gasteiger partial charge in [-0.25, -0.2) is 4.98 Å². The molecule has 1 fully saturated rings. The first-order chi connectivity index (χ1) is 12.7. The zero-order chi connectivity index (χ0) is 17.9. The number of nitrogens with one attached hydrogen (secondary N) is 2. The van der Waals surface area contributed by atoms with E-state index in [-0.39, 0.29) is 11.9 Å². The number of rotatable bonds is 5. The standard InChI is InChI=1S/C20H23N3OS2/c1-14(17-7-4-12-25-17)21-19(24)13-23-10-8-15(9-11-23)20-22-16-5-2-3-6-18(16)26-20/h2-7,12,14-15H,8-11,13H2,1H3,(H,21,24)/p+1/t14-/m0/s1. The largest absolute Gasteiger partial charge is 0.344 e. The molecule has 3 aromatic rings. The van der Waals surface area contributed by atoms with Gasteiger partial charge in [0.05, 0.1) is 34.4 Å². The van der Waals surface area contributed by atoms with Crippen molar-refractivity contribution in [2.75, 3.05) is 19.6 Å². The van der Waals surface area contributed by atoms with Crippen LogP contribution in [0.3, 0.4) is 0 Å². The second kappa shape index (κ2) is 7.86. The summed E-state index contributed by atoms with van der Waals surface area (Å²) in [6.07, 6.45) is 2.23. The highest BCUT2D eigenvalue weighted by Crippen LogP contribution is 2.31. The second-order valence-corrected chi connectivity index (χ2v) is 9.07. The van der Waals surface area contributed by atoms with Crippen LogP contribution in [-0.4, -0.2) is 30.5 Å². The maximum Gasteiger partial charge on any atom is 0.275 e. The number of aromatic nitrogens is 1. The Bertz CT molecular complexity index is 833. The number of carbonyl (C=O) groups is 1. The van der Waals surface area contributed by atoms with Crippen LogP contribution >= 0.6 is 22.7 Å². The van der Waals surface area contributed by atoms with Crippen LogP contribution in [0.4, 0.5) is 0 Å². The molecule has 0 saturated carbocycles. The van der Waals surface area contributed by atoms with Crippen LogP contribution in [0.25, 0.3) is 10.2 Å². The third kappa shape index (κ3) is 3.98. The van der Waals surface area contributed by atoms with Gasteiger partial charge in [-0.3, -0.25) is 4.79 Å². The molecule has 1 aliphatic heterocycles. The Hall–Kier alpha value is -1.76. The number of amides is 1. The summed E-state index contributed by atoms with van der Waals surface area (Å²) in [4.78, 5) is 19.8.